The van der Waals surface area contributed by atoms with Crippen molar-refractivity contribution < 1.29 is 10.2 Å². The molecule has 0 aliphatic rings. The molecule has 1 atom stereocenters. The second-order valence-electron chi connectivity index (χ2n) is 2.78. The Hall–Kier alpha value is -0.450. The summed E-state index contributed by atoms with van der Waals surface area (Å²) in [6.07, 6.45) is 0. The quantitative estimate of drug-likeness (QED) is 0.749. The van der Waals surface area contributed by atoms with Crippen LogP contribution in [-0.2, 0) is 5.60 Å². The Morgan fingerprint density at radius 2 is 2.25 bits per heavy atom. The van der Waals surface area contributed by atoms with E-state index in [2.05, 4.69) is 20.9 Å². The Kier molecular flexibility index (Phi) is 2.82. The van der Waals surface area contributed by atoms with Crippen molar-refractivity contribution in [1.82, 2.24) is 4.98 Å². The van der Waals surface area contributed by atoms with Crippen LogP contribution in [0, 0.1) is 0 Å². The van der Waals surface area contributed by atoms with Gasteiger partial charge in [0.1, 0.15) is 10.2 Å². The molecule has 0 radical (unpaired) electrons. The van der Waals surface area contributed by atoms with Gasteiger partial charge in [0.15, 0.2) is 0 Å². The van der Waals surface area contributed by atoms with E-state index >= 15 is 0 Å². The Morgan fingerprint density at radius 3 is 2.75 bits per heavy atom. The van der Waals surface area contributed by atoms with Crippen LogP contribution >= 0.6 is 15.9 Å². The molecule has 1 rings (SSSR count). The summed E-state index contributed by atoms with van der Waals surface area (Å²) in [5, 5.41) is 18.4. The van der Waals surface area contributed by atoms with E-state index in [1.807, 2.05) is 0 Å². The lowest BCUT2D eigenvalue weighted by Crippen LogP contribution is -2.27. The largest absolute Gasteiger partial charge is 0.393 e. The molecule has 0 saturated heterocycles. The molecule has 0 aliphatic heterocycles. The number of halogens is 1. The van der Waals surface area contributed by atoms with Crippen LogP contribution in [-0.4, -0.2) is 21.8 Å². The molecule has 0 spiro atoms. The van der Waals surface area contributed by atoms with Crippen molar-refractivity contribution in [2.45, 2.75) is 12.5 Å². The molecule has 1 heterocycles. The van der Waals surface area contributed by atoms with Gasteiger partial charge in [0.2, 0.25) is 0 Å². The molecule has 12 heavy (non-hydrogen) atoms. The fourth-order valence-electron chi connectivity index (χ4n) is 0.789. The third kappa shape index (κ3) is 2.03. The number of aromatic nitrogens is 1. The molecule has 0 bridgehead atoms. The molecule has 1 aromatic rings. The van der Waals surface area contributed by atoms with Crippen molar-refractivity contribution >= 4 is 15.9 Å². The smallest absolute Gasteiger partial charge is 0.127 e. The molecule has 2 N–H and O–H groups in total. The van der Waals surface area contributed by atoms with Crippen LogP contribution in [0.4, 0.5) is 0 Å². The van der Waals surface area contributed by atoms with Gasteiger partial charge in [-0.2, -0.15) is 0 Å². The summed E-state index contributed by atoms with van der Waals surface area (Å²) in [7, 11) is 0. The molecule has 0 saturated carbocycles. The first-order valence-electron chi connectivity index (χ1n) is 3.52. The molecular formula is C8H10BrNO2. The number of aliphatic hydroxyl groups excluding tert-OH is 1. The van der Waals surface area contributed by atoms with Crippen LogP contribution in [0.1, 0.15) is 12.6 Å². The van der Waals surface area contributed by atoms with Crippen LogP contribution in [0.3, 0.4) is 0 Å². The van der Waals surface area contributed by atoms with Crippen molar-refractivity contribution in [1.29, 1.82) is 0 Å². The fraction of sp³-hybridized carbons (Fsp3) is 0.375. The summed E-state index contributed by atoms with van der Waals surface area (Å²) in [6.45, 7) is 1.18. The molecule has 0 fully saturated rings. The fourth-order valence-corrected chi connectivity index (χ4v) is 1.13. The Morgan fingerprint density at radius 1 is 1.58 bits per heavy atom. The topological polar surface area (TPSA) is 53.4 Å². The molecule has 0 aliphatic carbocycles. The number of rotatable bonds is 2. The number of aliphatic hydroxyl groups is 2. The van der Waals surface area contributed by atoms with E-state index in [1.54, 1.807) is 18.2 Å². The third-order valence-electron chi connectivity index (χ3n) is 1.57. The molecule has 4 heteroatoms. The summed E-state index contributed by atoms with van der Waals surface area (Å²) in [5.74, 6) is 0. The zero-order chi connectivity index (χ0) is 9.19. The Bertz CT molecular complexity index is 276. The van der Waals surface area contributed by atoms with Gasteiger partial charge in [0.05, 0.1) is 12.3 Å². The molecular weight excluding hydrogens is 222 g/mol. The zero-order valence-corrected chi connectivity index (χ0v) is 8.24. The van der Waals surface area contributed by atoms with Gasteiger partial charge >= 0.3 is 0 Å². The van der Waals surface area contributed by atoms with Gasteiger partial charge in [0, 0.05) is 0 Å². The van der Waals surface area contributed by atoms with Gasteiger partial charge in [-0.3, -0.25) is 0 Å². The highest BCUT2D eigenvalue weighted by atomic mass is 79.9. The molecule has 66 valence electrons. The molecule has 0 amide bonds. The standard InChI is InChI=1S/C8H10BrNO2/c1-8(12,5-11)6-3-2-4-7(9)10-6/h2-4,11-12H,5H2,1H3. The monoisotopic (exact) mass is 231 g/mol. The van der Waals surface area contributed by atoms with Gasteiger partial charge in [-0.25, -0.2) is 4.98 Å². The van der Waals surface area contributed by atoms with E-state index < -0.39 is 5.60 Å². The van der Waals surface area contributed by atoms with Crippen molar-refractivity contribution in [3.8, 4) is 0 Å². The second-order valence-corrected chi connectivity index (χ2v) is 3.59. The second kappa shape index (κ2) is 3.51. The molecule has 0 aromatic carbocycles. The molecule has 3 nitrogen and oxygen atoms in total. The van der Waals surface area contributed by atoms with Crippen LogP contribution in [0.15, 0.2) is 22.8 Å². The first-order valence-corrected chi connectivity index (χ1v) is 4.32. The van der Waals surface area contributed by atoms with E-state index in [0.29, 0.717) is 10.3 Å². The minimum atomic E-state index is -1.26. The number of pyridine rings is 1. The van der Waals surface area contributed by atoms with Crippen molar-refractivity contribution in [3.63, 3.8) is 0 Å². The van der Waals surface area contributed by atoms with Crippen molar-refractivity contribution in [2.24, 2.45) is 0 Å². The number of hydrogen-bond donors (Lipinski definition) is 2. The average Bonchev–Trinajstić information content (AvgIpc) is 2.05. The summed E-state index contributed by atoms with van der Waals surface area (Å²) in [6, 6.07) is 5.19. The Balaban J connectivity index is 3.03. The summed E-state index contributed by atoms with van der Waals surface area (Å²) in [4.78, 5) is 4.02. The molecule has 1 aromatic heterocycles. The highest BCUT2D eigenvalue weighted by Gasteiger charge is 2.23. The summed E-state index contributed by atoms with van der Waals surface area (Å²) >= 11 is 3.18. The normalized spacial score (nSPS) is 15.7. The zero-order valence-electron chi connectivity index (χ0n) is 6.66. The maximum absolute atomic E-state index is 9.59. The Labute approximate surface area is 79.2 Å². The van der Waals surface area contributed by atoms with Crippen LogP contribution in [0.25, 0.3) is 0 Å². The van der Waals surface area contributed by atoms with Crippen molar-refractivity contribution in [3.05, 3.63) is 28.5 Å². The van der Waals surface area contributed by atoms with E-state index in [4.69, 9.17) is 5.11 Å². The van der Waals surface area contributed by atoms with E-state index in [1.165, 1.54) is 6.92 Å². The third-order valence-corrected chi connectivity index (χ3v) is 2.02. The summed E-state index contributed by atoms with van der Waals surface area (Å²) in [5.41, 5.74) is -0.802. The average molecular weight is 232 g/mol. The van der Waals surface area contributed by atoms with Gasteiger partial charge < -0.3 is 10.2 Å². The van der Waals surface area contributed by atoms with Crippen molar-refractivity contribution in [2.75, 3.05) is 6.61 Å². The minimum Gasteiger partial charge on any atom is -0.393 e. The summed E-state index contributed by atoms with van der Waals surface area (Å²) < 4.78 is 0.647. The maximum atomic E-state index is 9.59. The lowest BCUT2D eigenvalue weighted by atomic mass is 10.0. The van der Waals surface area contributed by atoms with Gasteiger partial charge in [-0.15, -0.1) is 0 Å². The number of hydrogen-bond acceptors (Lipinski definition) is 3. The van der Waals surface area contributed by atoms with Crippen LogP contribution in [0.5, 0.6) is 0 Å². The first-order chi connectivity index (χ1) is 5.56. The maximum Gasteiger partial charge on any atom is 0.127 e. The predicted octanol–water partition coefficient (Wildman–Crippen LogP) is 1.04. The van der Waals surface area contributed by atoms with E-state index in [-0.39, 0.29) is 6.61 Å². The van der Waals surface area contributed by atoms with Crippen LogP contribution < -0.4 is 0 Å². The highest BCUT2D eigenvalue weighted by molar-refractivity contribution is 9.10. The van der Waals surface area contributed by atoms with Gasteiger partial charge in [-0.05, 0) is 35.0 Å². The predicted molar refractivity (Wildman–Crippen MR) is 48.6 cm³/mol. The minimum absolute atomic E-state index is 0.337. The first kappa shape index (κ1) is 9.64. The van der Waals surface area contributed by atoms with Gasteiger partial charge in [-0.1, -0.05) is 6.07 Å². The lowest BCUT2D eigenvalue weighted by molar-refractivity contribution is -0.00596. The highest BCUT2D eigenvalue weighted by Crippen LogP contribution is 2.18. The van der Waals surface area contributed by atoms with E-state index in [9.17, 15) is 5.11 Å². The number of nitrogens with zero attached hydrogens (tertiary/aromatic N) is 1. The SMILES string of the molecule is CC(O)(CO)c1cccc(Br)n1. The van der Waals surface area contributed by atoms with Crippen LogP contribution in [0.2, 0.25) is 0 Å². The van der Waals surface area contributed by atoms with Gasteiger partial charge in [0.25, 0.3) is 0 Å². The molecule has 1 unspecified atom stereocenters. The lowest BCUT2D eigenvalue weighted by Gasteiger charge is -2.19. The van der Waals surface area contributed by atoms with E-state index in [0.717, 1.165) is 0 Å².